The van der Waals surface area contributed by atoms with Gasteiger partial charge in [0.1, 0.15) is 0 Å². The number of rotatable bonds is 4. The molecule has 5 heteroatoms. The lowest BCUT2D eigenvalue weighted by Gasteiger charge is -2.56. The first-order valence-electron chi connectivity index (χ1n) is 10.3. The van der Waals surface area contributed by atoms with Crippen LogP contribution in [0.15, 0.2) is 83.8 Å². The molecule has 3 rings (SSSR count). The number of allylic oxidation sites excluding steroid dienone is 3. The lowest BCUT2D eigenvalue weighted by molar-refractivity contribution is 0.105. The van der Waals surface area contributed by atoms with Crippen LogP contribution in [0.3, 0.4) is 0 Å². The monoisotopic (exact) mass is 444 g/mol. The quantitative estimate of drug-likeness (QED) is 0.505. The molecule has 0 spiro atoms. The summed E-state index contributed by atoms with van der Waals surface area (Å²) in [5, 5.41) is -0.270. The Hall–Kier alpha value is -1.42. The lowest BCUT2D eigenvalue weighted by Crippen LogP contribution is -2.52. The molecule has 2 aromatic carbocycles. The largest absolute Gasteiger partial charge is 0.328 e. The van der Waals surface area contributed by atoms with Gasteiger partial charge in [-0.05, 0) is 34.6 Å². The summed E-state index contributed by atoms with van der Waals surface area (Å²) < 4.78 is 0. The van der Waals surface area contributed by atoms with Crippen molar-refractivity contribution in [3.8, 4) is 0 Å². The molecule has 0 radical (unpaired) electrons. The molecule has 1 aliphatic rings. The van der Waals surface area contributed by atoms with Crippen molar-refractivity contribution in [3.63, 3.8) is 0 Å². The minimum absolute atomic E-state index is 0.184. The van der Waals surface area contributed by atoms with Gasteiger partial charge in [-0.15, -0.1) is 0 Å². The van der Waals surface area contributed by atoms with Crippen LogP contribution in [0.5, 0.6) is 0 Å². The Labute approximate surface area is 183 Å². The standard InChI is InChI=1S/C25H33O3PS/c1-19(2)25(24(3,4)5)22(20-13-8-6-9-14-20)17-12-18-23(25)30(29(26,27)28)21-15-10-7-11-16-21/h6-19,23,26-28H,1-5H3. The van der Waals surface area contributed by atoms with Crippen LogP contribution in [0.25, 0.3) is 5.57 Å². The zero-order chi connectivity index (χ0) is 22.2. The molecule has 0 aliphatic heterocycles. The summed E-state index contributed by atoms with van der Waals surface area (Å²) in [6.07, 6.45) is 6.25. The SMILES string of the molecule is CC(C)C1(C(C)(C)C)C(c2ccccc2)=CC=CC1S(c1ccccc1)=P(O)(O)O. The van der Waals surface area contributed by atoms with Crippen molar-refractivity contribution in [2.75, 3.05) is 0 Å². The second-order valence-corrected chi connectivity index (χ2v) is 14.5. The van der Waals surface area contributed by atoms with Gasteiger partial charge in [0.05, 0.1) is 0 Å². The molecule has 0 saturated carbocycles. The summed E-state index contributed by atoms with van der Waals surface area (Å²) in [4.78, 5) is 32.9. The summed E-state index contributed by atoms with van der Waals surface area (Å²) in [6, 6.07) is 19.8. The van der Waals surface area contributed by atoms with Crippen molar-refractivity contribution in [1.29, 1.82) is 0 Å². The second kappa shape index (κ2) is 8.61. The first-order chi connectivity index (χ1) is 14.0. The van der Waals surface area contributed by atoms with Crippen molar-refractivity contribution in [1.82, 2.24) is 0 Å². The normalized spacial score (nSPS) is 23.4. The topological polar surface area (TPSA) is 60.7 Å². The van der Waals surface area contributed by atoms with E-state index in [0.29, 0.717) is 0 Å². The molecule has 1 aliphatic carbocycles. The molecule has 0 amide bonds. The van der Waals surface area contributed by atoms with E-state index in [1.54, 1.807) is 0 Å². The molecule has 2 aromatic rings. The van der Waals surface area contributed by atoms with E-state index in [0.717, 1.165) is 10.5 Å². The van der Waals surface area contributed by atoms with Gasteiger partial charge in [0, 0.05) is 15.6 Å². The molecule has 0 aromatic heterocycles. The van der Waals surface area contributed by atoms with Crippen LogP contribution >= 0.6 is 6.72 Å². The lowest BCUT2D eigenvalue weighted by atomic mass is 9.53. The molecule has 3 atom stereocenters. The third-order valence-electron chi connectivity index (χ3n) is 6.17. The molecular weight excluding hydrogens is 411 g/mol. The van der Waals surface area contributed by atoms with E-state index in [1.807, 2.05) is 54.6 Å². The molecule has 162 valence electrons. The maximum Gasteiger partial charge on any atom is 0.282 e. The van der Waals surface area contributed by atoms with Crippen LogP contribution in [-0.2, 0) is 10.1 Å². The van der Waals surface area contributed by atoms with E-state index in [1.165, 1.54) is 5.57 Å². The molecule has 0 saturated heterocycles. The van der Waals surface area contributed by atoms with Crippen molar-refractivity contribution in [2.45, 2.75) is 44.8 Å². The Morgan fingerprint density at radius 1 is 0.900 bits per heavy atom. The van der Waals surface area contributed by atoms with Gasteiger partial charge >= 0.3 is 0 Å². The fourth-order valence-electron chi connectivity index (χ4n) is 5.24. The zero-order valence-electron chi connectivity index (χ0n) is 18.4. The summed E-state index contributed by atoms with van der Waals surface area (Å²) in [7, 11) is -1.17. The molecule has 30 heavy (non-hydrogen) atoms. The van der Waals surface area contributed by atoms with Gasteiger partial charge in [0.25, 0.3) is 6.72 Å². The molecule has 3 unspecified atom stereocenters. The van der Waals surface area contributed by atoms with E-state index >= 15 is 0 Å². The highest BCUT2D eigenvalue weighted by atomic mass is 32.5. The number of hydrogen-bond acceptors (Lipinski definition) is 0. The predicted molar refractivity (Wildman–Crippen MR) is 130 cm³/mol. The van der Waals surface area contributed by atoms with Gasteiger partial charge in [0.15, 0.2) is 0 Å². The van der Waals surface area contributed by atoms with E-state index < -0.39 is 22.2 Å². The number of hydrogen-bond donors (Lipinski definition) is 3. The van der Waals surface area contributed by atoms with Gasteiger partial charge in [-0.25, -0.2) is 0 Å². The highest BCUT2D eigenvalue weighted by molar-refractivity contribution is 8.28. The van der Waals surface area contributed by atoms with E-state index in [2.05, 4.69) is 58.9 Å². The van der Waals surface area contributed by atoms with Crippen LogP contribution in [-0.4, -0.2) is 19.9 Å². The van der Waals surface area contributed by atoms with Crippen molar-refractivity contribution < 1.29 is 14.7 Å². The van der Waals surface area contributed by atoms with Crippen molar-refractivity contribution >= 4 is 22.4 Å². The number of benzene rings is 2. The third kappa shape index (κ3) is 4.04. The van der Waals surface area contributed by atoms with Gasteiger partial charge in [-0.2, -0.15) is 0 Å². The van der Waals surface area contributed by atoms with Crippen LogP contribution in [0.2, 0.25) is 0 Å². The van der Waals surface area contributed by atoms with Gasteiger partial charge in [0.2, 0.25) is 0 Å². The summed E-state index contributed by atoms with van der Waals surface area (Å²) >= 11 is 0. The Kier molecular flexibility index (Phi) is 6.67. The summed E-state index contributed by atoms with van der Waals surface area (Å²) in [5.41, 5.74) is 1.67. The first-order valence-corrected chi connectivity index (χ1v) is 13.9. The Bertz CT molecular complexity index is 989. The fourth-order valence-corrected chi connectivity index (χ4v) is 10.7. The van der Waals surface area contributed by atoms with E-state index in [4.69, 9.17) is 0 Å². The average Bonchev–Trinajstić information content (AvgIpc) is 2.67. The Balaban J connectivity index is 2.39. The van der Waals surface area contributed by atoms with Gasteiger partial charge in [-0.3, -0.25) is 0 Å². The highest BCUT2D eigenvalue weighted by Crippen LogP contribution is 2.61. The van der Waals surface area contributed by atoms with Crippen LogP contribution in [0.1, 0.15) is 40.2 Å². The third-order valence-corrected chi connectivity index (χ3v) is 11.4. The zero-order valence-corrected chi connectivity index (χ0v) is 20.1. The molecular formula is C25H33O3PS. The predicted octanol–water partition coefficient (Wildman–Crippen LogP) is 6.03. The maximum absolute atomic E-state index is 10.7. The van der Waals surface area contributed by atoms with Crippen LogP contribution in [0.4, 0.5) is 0 Å². The van der Waals surface area contributed by atoms with Crippen molar-refractivity contribution in [3.05, 3.63) is 84.5 Å². The minimum atomic E-state index is -4.17. The maximum atomic E-state index is 10.7. The Morgan fingerprint density at radius 3 is 1.90 bits per heavy atom. The van der Waals surface area contributed by atoms with Crippen molar-refractivity contribution in [2.24, 2.45) is 16.7 Å². The van der Waals surface area contributed by atoms with Gasteiger partial charge < -0.3 is 14.7 Å². The Morgan fingerprint density at radius 2 is 1.43 bits per heavy atom. The first kappa shape index (κ1) is 23.2. The fraction of sp³-hybridized carbons (Fsp3) is 0.360. The smallest absolute Gasteiger partial charge is 0.282 e. The average molecular weight is 445 g/mol. The van der Waals surface area contributed by atoms with Crippen LogP contribution in [0, 0.1) is 16.7 Å². The molecule has 3 nitrogen and oxygen atoms in total. The summed E-state index contributed by atoms with van der Waals surface area (Å²) in [6.45, 7) is 6.88. The molecule has 3 N–H and O–H groups in total. The van der Waals surface area contributed by atoms with E-state index in [-0.39, 0.29) is 16.6 Å². The highest BCUT2D eigenvalue weighted by Gasteiger charge is 2.55. The minimum Gasteiger partial charge on any atom is -0.328 e. The second-order valence-electron chi connectivity index (χ2n) is 9.17. The molecule has 0 heterocycles. The molecule has 0 bridgehead atoms. The summed E-state index contributed by atoms with van der Waals surface area (Å²) in [5.74, 6) is 0.184. The van der Waals surface area contributed by atoms with Gasteiger partial charge in [-0.1, -0.05) is 111 Å². The molecule has 0 fully saturated rings. The van der Waals surface area contributed by atoms with Crippen LogP contribution < -0.4 is 0 Å². The van der Waals surface area contributed by atoms with E-state index in [9.17, 15) is 14.7 Å².